The van der Waals surface area contributed by atoms with Gasteiger partial charge in [-0.2, -0.15) is 0 Å². The number of hydrogen-bond acceptors (Lipinski definition) is 7. The number of carbonyl (C=O) groups excluding carboxylic acids is 1. The molecule has 0 fully saturated rings. The monoisotopic (exact) mass is 310 g/mol. The Morgan fingerprint density at radius 2 is 1.95 bits per heavy atom. The molecule has 0 aliphatic heterocycles. The van der Waals surface area contributed by atoms with Crippen LogP contribution >= 0.6 is 0 Å². The highest BCUT2D eigenvalue weighted by Crippen LogP contribution is 2.29. The lowest BCUT2D eigenvalue weighted by Gasteiger charge is -2.05. The van der Waals surface area contributed by atoms with Crippen LogP contribution in [0.5, 0.6) is 0 Å². The number of nitrogens with zero attached hydrogens (tertiary/aromatic N) is 1. The second kappa shape index (κ2) is 5.57. The molecule has 0 aliphatic carbocycles. The largest absolute Gasteiger partial charge is 0.461 e. The molecule has 0 atom stereocenters. The van der Waals surface area contributed by atoms with Gasteiger partial charge in [0, 0.05) is 0 Å². The summed E-state index contributed by atoms with van der Waals surface area (Å²) in [7, 11) is -4.02. The summed E-state index contributed by atoms with van der Waals surface area (Å²) in [6.45, 7) is 3.50. The first-order valence-corrected chi connectivity index (χ1v) is 7.60. The number of nitrogens with two attached hydrogens (primary N) is 1. The van der Waals surface area contributed by atoms with Crippen molar-refractivity contribution in [3.63, 3.8) is 0 Å². The van der Waals surface area contributed by atoms with Gasteiger partial charge >= 0.3 is 5.97 Å². The Labute approximate surface area is 121 Å². The molecular weight excluding hydrogens is 296 g/mol. The molecule has 2 aromatic rings. The van der Waals surface area contributed by atoms with Crippen LogP contribution in [0, 0.1) is 6.92 Å². The van der Waals surface area contributed by atoms with Gasteiger partial charge in [0.1, 0.15) is 0 Å². The first-order chi connectivity index (χ1) is 9.87. The van der Waals surface area contributed by atoms with Gasteiger partial charge in [0.25, 0.3) is 0 Å². The molecule has 7 nitrogen and oxygen atoms in total. The number of esters is 1. The van der Waals surface area contributed by atoms with Crippen molar-refractivity contribution in [3.8, 4) is 0 Å². The molecule has 21 heavy (non-hydrogen) atoms. The topological polar surface area (TPSA) is 112 Å². The predicted molar refractivity (Wildman–Crippen MR) is 73.5 cm³/mol. The average molecular weight is 310 g/mol. The van der Waals surface area contributed by atoms with Crippen molar-refractivity contribution < 1.29 is 22.5 Å². The Morgan fingerprint density at radius 3 is 2.52 bits per heavy atom. The van der Waals surface area contributed by atoms with E-state index >= 15 is 0 Å². The minimum absolute atomic E-state index is 0.00597. The van der Waals surface area contributed by atoms with E-state index in [1.54, 1.807) is 19.1 Å². The van der Waals surface area contributed by atoms with E-state index in [0.717, 1.165) is 5.56 Å². The SMILES string of the molecule is CCOC(=O)c1noc(N)c1S(=O)(=O)c1ccc(C)cc1. The number of ether oxygens (including phenoxy) is 1. The molecule has 112 valence electrons. The van der Waals surface area contributed by atoms with Crippen LogP contribution in [-0.2, 0) is 14.6 Å². The Kier molecular flexibility index (Phi) is 3.99. The maximum absolute atomic E-state index is 12.6. The first-order valence-electron chi connectivity index (χ1n) is 6.12. The first kappa shape index (κ1) is 15.0. The second-order valence-corrected chi connectivity index (χ2v) is 6.15. The molecule has 2 rings (SSSR count). The molecule has 0 radical (unpaired) electrons. The fourth-order valence-electron chi connectivity index (χ4n) is 1.72. The molecule has 0 aliphatic rings. The van der Waals surface area contributed by atoms with E-state index in [2.05, 4.69) is 9.68 Å². The number of sulfone groups is 1. The van der Waals surface area contributed by atoms with E-state index in [0.29, 0.717) is 0 Å². The van der Waals surface area contributed by atoms with Gasteiger partial charge in [0.05, 0.1) is 11.5 Å². The van der Waals surface area contributed by atoms with Crippen molar-refractivity contribution in [2.75, 3.05) is 12.3 Å². The third kappa shape index (κ3) is 2.75. The Balaban J connectivity index is 2.57. The Hall–Kier alpha value is -2.35. The van der Waals surface area contributed by atoms with Crippen molar-refractivity contribution in [3.05, 3.63) is 35.5 Å². The van der Waals surface area contributed by atoms with Crippen molar-refractivity contribution in [2.45, 2.75) is 23.6 Å². The van der Waals surface area contributed by atoms with Gasteiger partial charge in [0.2, 0.25) is 21.4 Å². The summed E-state index contributed by atoms with van der Waals surface area (Å²) in [6.07, 6.45) is 0. The standard InChI is InChI=1S/C13H14N2O5S/c1-3-19-13(16)10-11(12(14)20-15-10)21(17,18)9-6-4-8(2)5-7-9/h4-7H,3,14H2,1-2H3. The molecule has 0 amide bonds. The van der Waals surface area contributed by atoms with E-state index < -0.39 is 32.3 Å². The molecule has 8 heteroatoms. The normalized spacial score (nSPS) is 11.3. The number of anilines is 1. The Morgan fingerprint density at radius 1 is 1.33 bits per heavy atom. The van der Waals surface area contributed by atoms with Gasteiger partial charge in [-0.15, -0.1) is 0 Å². The lowest BCUT2D eigenvalue weighted by Crippen LogP contribution is -2.12. The zero-order chi connectivity index (χ0) is 15.6. The lowest BCUT2D eigenvalue weighted by molar-refractivity contribution is 0.0510. The number of carbonyl (C=O) groups is 1. The number of aryl methyl sites for hydroxylation is 1. The predicted octanol–water partition coefficient (Wildman–Crippen LogP) is 1.57. The Bertz CT molecular complexity index is 762. The van der Waals surface area contributed by atoms with Crippen LogP contribution in [0.25, 0.3) is 0 Å². The molecule has 0 bridgehead atoms. The quantitative estimate of drug-likeness (QED) is 0.853. The summed E-state index contributed by atoms with van der Waals surface area (Å²) in [5.41, 5.74) is 5.96. The summed E-state index contributed by atoms with van der Waals surface area (Å²) >= 11 is 0. The van der Waals surface area contributed by atoms with Crippen LogP contribution in [0.4, 0.5) is 5.88 Å². The van der Waals surface area contributed by atoms with Crippen LogP contribution < -0.4 is 5.73 Å². The molecule has 0 unspecified atom stereocenters. The van der Waals surface area contributed by atoms with E-state index in [9.17, 15) is 13.2 Å². The van der Waals surface area contributed by atoms with Crippen LogP contribution in [0.1, 0.15) is 23.0 Å². The molecular formula is C13H14N2O5S. The van der Waals surface area contributed by atoms with Gasteiger partial charge in [-0.3, -0.25) is 0 Å². The maximum Gasteiger partial charge on any atom is 0.362 e. The third-order valence-electron chi connectivity index (χ3n) is 2.74. The van der Waals surface area contributed by atoms with Crippen LogP contribution in [-0.4, -0.2) is 26.2 Å². The molecule has 1 heterocycles. The van der Waals surface area contributed by atoms with Gasteiger partial charge in [-0.05, 0) is 26.0 Å². The molecule has 0 saturated carbocycles. The average Bonchev–Trinajstić information content (AvgIpc) is 2.82. The number of benzene rings is 1. The minimum Gasteiger partial charge on any atom is -0.461 e. The lowest BCUT2D eigenvalue weighted by atomic mass is 10.2. The fourth-order valence-corrected chi connectivity index (χ4v) is 3.13. The fraction of sp³-hybridized carbons (Fsp3) is 0.231. The highest BCUT2D eigenvalue weighted by Gasteiger charge is 2.33. The number of hydrogen-bond donors (Lipinski definition) is 1. The molecule has 0 spiro atoms. The van der Waals surface area contributed by atoms with Crippen LogP contribution in [0.3, 0.4) is 0 Å². The van der Waals surface area contributed by atoms with Crippen molar-refractivity contribution >= 4 is 21.7 Å². The minimum atomic E-state index is -4.02. The van der Waals surface area contributed by atoms with Gasteiger partial charge in [-0.1, -0.05) is 22.9 Å². The maximum atomic E-state index is 12.6. The number of rotatable bonds is 4. The molecule has 0 saturated heterocycles. The van der Waals surface area contributed by atoms with Gasteiger partial charge in [0.15, 0.2) is 4.90 Å². The van der Waals surface area contributed by atoms with Gasteiger partial charge < -0.3 is 15.0 Å². The number of aromatic nitrogens is 1. The second-order valence-electron chi connectivity index (χ2n) is 4.26. The van der Waals surface area contributed by atoms with E-state index in [1.807, 2.05) is 6.92 Å². The zero-order valence-electron chi connectivity index (χ0n) is 11.5. The van der Waals surface area contributed by atoms with Crippen LogP contribution in [0.15, 0.2) is 38.6 Å². The number of nitrogen functional groups attached to an aromatic ring is 1. The third-order valence-corrected chi connectivity index (χ3v) is 4.57. The summed E-state index contributed by atoms with van der Waals surface area (Å²) < 4.78 is 34.5. The smallest absolute Gasteiger partial charge is 0.362 e. The summed E-state index contributed by atoms with van der Waals surface area (Å²) in [6, 6.07) is 6.12. The highest BCUT2D eigenvalue weighted by molar-refractivity contribution is 7.91. The van der Waals surface area contributed by atoms with Crippen LogP contribution in [0.2, 0.25) is 0 Å². The molecule has 1 aromatic carbocycles. The van der Waals surface area contributed by atoms with Crippen molar-refractivity contribution in [1.82, 2.24) is 5.16 Å². The summed E-state index contributed by atoms with van der Waals surface area (Å²) in [5.74, 6) is -1.35. The van der Waals surface area contributed by atoms with E-state index in [1.165, 1.54) is 12.1 Å². The van der Waals surface area contributed by atoms with Crippen molar-refractivity contribution in [2.24, 2.45) is 0 Å². The van der Waals surface area contributed by atoms with E-state index in [4.69, 9.17) is 10.5 Å². The zero-order valence-corrected chi connectivity index (χ0v) is 12.3. The highest BCUT2D eigenvalue weighted by atomic mass is 32.2. The van der Waals surface area contributed by atoms with Crippen molar-refractivity contribution in [1.29, 1.82) is 0 Å². The summed E-state index contributed by atoms with van der Waals surface area (Å²) in [4.78, 5) is 11.3. The molecule has 1 aromatic heterocycles. The summed E-state index contributed by atoms with van der Waals surface area (Å²) in [5, 5.41) is 3.39. The van der Waals surface area contributed by atoms with E-state index in [-0.39, 0.29) is 11.5 Å². The molecule has 2 N–H and O–H groups in total. The van der Waals surface area contributed by atoms with Gasteiger partial charge in [-0.25, -0.2) is 13.2 Å².